The number of hydrogen-bond acceptors (Lipinski definition) is 2. The third kappa shape index (κ3) is 3.95. The van der Waals surface area contributed by atoms with Crippen LogP contribution < -0.4 is 10.1 Å². The van der Waals surface area contributed by atoms with Crippen LogP contribution in [0, 0.1) is 12.8 Å². The molecule has 0 saturated carbocycles. The van der Waals surface area contributed by atoms with Crippen LogP contribution in [0.3, 0.4) is 0 Å². The molecular formula is C15H25NO. The Hall–Kier alpha value is -1.18. The number of nitrogens with one attached hydrogen (secondary N) is 1. The van der Waals surface area contributed by atoms with Gasteiger partial charge in [-0.1, -0.05) is 26.3 Å². The summed E-state index contributed by atoms with van der Waals surface area (Å²) in [5.74, 6) is 1.62. The van der Waals surface area contributed by atoms with Crippen LogP contribution in [-0.4, -0.2) is 12.6 Å². The lowest BCUT2D eigenvalue weighted by Crippen LogP contribution is -2.23. The van der Waals surface area contributed by atoms with E-state index in [4.69, 9.17) is 4.74 Å². The Kier molecular flexibility index (Phi) is 5.33. The van der Waals surface area contributed by atoms with Gasteiger partial charge in [0.2, 0.25) is 0 Å². The molecule has 1 N–H and O–H groups in total. The molecule has 2 atom stereocenters. The lowest BCUT2D eigenvalue weighted by Gasteiger charge is -2.23. The second-order valence-electron chi connectivity index (χ2n) is 4.75. The first-order valence-corrected chi connectivity index (χ1v) is 6.58. The maximum absolute atomic E-state index is 5.67. The van der Waals surface area contributed by atoms with Crippen LogP contribution in [0.25, 0.3) is 0 Å². The quantitative estimate of drug-likeness (QED) is 0.796. The van der Waals surface area contributed by atoms with Gasteiger partial charge in [-0.25, -0.2) is 0 Å². The second-order valence-corrected chi connectivity index (χ2v) is 4.75. The third-order valence-corrected chi connectivity index (χ3v) is 3.32. The highest BCUT2D eigenvalue weighted by Crippen LogP contribution is 2.27. The van der Waals surface area contributed by atoms with Crippen LogP contribution in [0.5, 0.6) is 5.75 Å². The highest BCUT2D eigenvalue weighted by atomic mass is 16.5. The predicted octanol–water partition coefficient (Wildman–Crippen LogP) is 4.24. The van der Waals surface area contributed by atoms with Crippen LogP contribution >= 0.6 is 0 Å². The molecule has 1 aromatic carbocycles. The first-order valence-electron chi connectivity index (χ1n) is 6.58. The predicted molar refractivity (Wildman–Crippen MR) is 74.9 cm³/mol. The maximum atomic E-state index is 5.67. The van der Waals surface area contributed by atoms with Crippen molar-refractivity contribution in [1.29, 1.82) is 0 Å². The lowest BCUT2D eigenvalue weighted by molar-refractivity contribution is 0.340. The lowest BCUT2D eigenvalue weighted by atomic mass is 10.0. The number of ether oxygens (including phenoxy) is 1. The molecule has 0 aliphatic carbocycles. The van der Waals surface area contributed by atoms with Crippen molar-refractivity contribution in [2.75, 3.05) is 11.9 Å². The molecule has 0 saturated heterocycles. The Morgan fingerprint density at radius 3 is 2.53 bits per heavy atom. The highest BCUT2D eigenvalue weighted by molar-refractivity contribution is 5.58. The molecule has 0 heterocycles. The van der Waals surface area contributed by atoms with Gasteiger partial charge in [0.15, 0.2) is 0 Å². The van der Waals surface area contributed by atoms with Crippen molar-refractivity contribution in [3.05, 3.63) is 23.8 Å². The van der Waals surface area contributed by atoms with E-state index < -0.39 is 0 Å². The van der Waals surface area contributed by atoms with E-state index in [1.165, 1.54) is 12.0 Å². The van der Waals surface area contributed by atoms with Gasteiger partial charge in [0.05, 0.1) is 12.3 Å². The molecule has 0 bridgehead atoms. The SMILES string of the molecule is CCOc1cc(C)ccc1NC(C)C(C)CC. The summed E-state index contributed by atoms with van der Waals surface area (Å²) < 4.78 is 5.67. The summed E-state index contributed by atoms with van der Waals surface area (Å²) in [5.41, 5.74) is 2.33. The Bertz CT molecular complexity index is 349. The highest BCUT2D eigenvalue weighted by Gasteiger charge is 2.12. The van der Waals surface area contributed by atoms with Gasteiger partial charge in [0.1, 0.15) is 5.75 Å². The molecule has 0 spiro atoms. The summed E-state index contributed by atoms with van der Waals surface area (Å²) in [4.78, 5) is 0. The minimum atomic E-state index is 0.460. The Labute approximate surface area is 105 Å². The molecule has 2 nitrogen and oxygen atoms in total. The zero-order valence-electron chi connectivity index (χ0n) is 11.7. The van der Waals surface area contributed by atoms with Gasteiger partial charge in [-0.2, -0.15) is 0 Å². The standard InChI is InChI=1S/C15H25NO/c1-6-12(4)13(5)16-14-9-8-11(3)10-15(14)17-7-2/h8-10,12-13,16H,6-7H2,1-5H3. The first kappa shape index (κ1) is 13.9. The largest absolute Gasteiger partial charge is 0.492 e. The van der Waals surface area contributed by atoms with Gasteiger partial charge < -0.3 is 10.1 Å². The normalized spacial score (nSPS) is 14.2. The van der Waals surface area contributed by atoms with Crippen LogP contribution in [-0.2, 0) is 0 Å². The van der Waals surface area contributed by atoms with E-state index in [2.05, 4.69) is 51.2 Å². The maximum Gasteiger partial charge on any atom is 0.142 e. The fourth-order valence-corrected chi connectivity index (χ4v) is 1.76. The second kappa shape index (κ2) is 6.53. The van der Waals surface area contributed by atoms with Crippen molar-refractivity contribution in [3.8, 4) is 5.75 Å². The van der Waals surface area contributed by atoms with Gasteiger partial charge >= 0.3 is 0 Å². The van der Waals surface area contributed by atoms with Gasteiger partial charge in [-0.3, -0.25) is 0 Å². The molecule has 0 fully saturated rings. The third-order valence-electron chi connectivity index (χ3n) is 3.32. The van der Waals surface area contributed by atoms with Crippen LogP contribution in [0.1, 0.15) is 39.7 Å². The van der Waals surface area contributed by atoms with Crippen molar-refractivity contribution >= 4 is 5.69 Å². The molecule has 0 aliphatic heterocycles. The topological polar surface area (TPSA) is 21.3 Å². The minimum Gasteiger partial charge on any atom is -0.492 e. The molecule has 0 aliphatic rings. The van der Waals surface area contributed by atoms with Gasteiger partial charge in [0, 0.05) is 6.04 Å². The molecule has 0 amide bonds. The average Bonchev–Trinajstić information content (AvgIpc) is 2.31. The summed E-state index contributed by atoms with van der Waals surface area (Å²) in [6.45, 7) is 11.5. The fraction of sp³-hybridized carbons (Fsp3) is 0.600. The molecule has 96 valence electrons. The number of rotatable bonds is 6. The molecule has 1 aromatic rings. The number of hydrogen-bond donors (Lipinski definition) is 1. The smallest absolute Gasteiger partial charge is 0.142 e. The van der Waals surface area contributed by atoms with E-state index in [0.29, 0.717) is 18.6 Å². The Morgan fingerprint density at radius 1 is 1.24 bits per heavy atom. The van der Waals surface area contributed by atoms with Gasteiger partial charge in [0.25, 0.3) is 0 Å². The Balaban J connectivity index is 2.82. The summed E-state index contributed by atoms with van der Waals surface area (Å²) in [6, 6.07) is 6.78. The van der Waals surface area contributed by atoms with Crippen LogP contribution in [0.4, 0.5) is 5.69 Å². The molecule has 0 aromatic heterocycles. The van der Waals surface area contributed by atoms with E-state index in [0.717, 1.165) is 11.4 Å². The average molecular weight is 235 g/mol. The molecule has 17 heavy (non-hydrogen) atoms. The number of aryl methyl sites for hydroxylation is 1. The molecule has 0 radical (unpaired) electrons. The Morgan fingerprint density at radius 2 is 1.94 bits per heavy atom. The summed E-state index contributed by atoms with van der Waals surface area (Å²) in [7, 11) is 0. The van der Waals surface area contributed by atoms with Crippen molar-refractivity contribution in [1.82, 2.24) is 0 Å². The van der Waals surface area contributed by atoms with E-state index in [9.17, 15) is 0 Å². The number of benzene rings is 1. The molecule has 2 heteroatoms. The molecular weight excluding hydrogens is 210 g/mol. The molecule has 1 rings (SSSR count). The van der Waals surface area contributed by atoms with Gasteiger partial charge in [-0.05, 0) is 44.4 Å². The van der Waals surface area contributed by atoms with E-state index in [-0.39, 0.29) is 0 Å². The van der Waals surface area contributed by atoms with Crippen molar-refractivity contribution < 1.29 is 4.74 Å². The molecule has 2 unspecified atom stereocenters. The minimum absolute atomic E-state index is 0.460. The van der Waals surface area contributed by atoms with E-state index in [1.807, 2.05) is 6.92 Å². The first-order chi connectivity index (χ1) is 8.08. The van der Waals surface area contributed by atoms with E-state index in [1.54, 1.807) is 0 Å². The monoisotopic (exact) mass is 235 g/mol. The fourth-order valence-electron chi connectivity index (χ4n) is 1.76. The van der Waals surface area contributed by atoms with Crippen LogP contribution in [0.15, 0.2) is 18.2 Å². The number of anilines is 1. The summed E-state index contributed by atoms with van der Waals surface area (Å²) in [6.07, 6.45) is 1.18. The summed E-state index contributed by atoms with van der Waals surface area (Å²) in [5, 5.41) is 3.55. The van der Waals surface area contributed by atoms with E-state index >= 15 is 0 Å². The van der Waals surface area contributed by atoms with Crippen LogP contribution in [0.2, 0.25) is 0 Å². The van der Waals surface area contributed by atoms with Gasteiger partial charge in [-0.15, -0.1) is 0 Å². The van der Waals surface area contributed by atoms with Crippen molar-refractivity contribution in [2.24, 2.45) is 5.92 Å². The summed E-state index contributed by atoms with van der Waals surface area (Å²) >= 11 is 0. The zero-order valence-corrected chi connectivity index (χ0v) is 11.7. The zero-order chi connectivity index (χ0) is 12.8. The van der Waals surface area contributed by atoms with Crippen molar-refractivity contribution in [3.63, 3.8) is 0 Å². The van der Waals surface area contributed by atoms with Crippen molar-refractivity contribution in [2.45, 2.75) is 47.1 Å².